The number of non-ortho nitro benzene ring substituents is 1. The summed E-state index contributed by atoms with van der Waals surface area (Å²) in [5.41, 5.74) is 2.31. The van der Waals surface area contributed by atoms with Crippen molar-refractivity contribution < 1.29 is 4.92 Å². The van der Waals surface area contributed by atoms with Crippen LogP contribution in [0.1, 0.15) is 5.69 Å². The summed E-state index contributed by atoms with van der Waals surface area (Å²) in [6, 6.07) is 6.37. The molecule has 1 heterocycles. The summed E-state index contributed by atoms with van der Waals surface area (Å²) in [5.74, 6) is 0. The maximum atomic E-state index is 10.6. The molecule has 0 aliphatic heterocycles. The molecule has 1 aromatic heterocycles. The van der Waals surface area contributed by atoms with Crippen molar-refractivity contribution in [3.8, 4) is 11.3 Å². The summed E-state index contributed by atoms with van der Waals surface area (Å²) in [5, 5.41) is 18.5. The molecule has 2 rings (SSSR count). The molecule has 0 saturated carbocycles. The van der Waals surface area contributed by atoms with Crippen LogP contribution in [0.25, 0.3) is 11.3 Å². The van der Waals surface area contributed by atoms with Gasteiger partial charge < -0.3 is 0 Å². The minimum absolute atomic E-state index is 0.0579. The van der Waals surface area contributed by atoms with Crippen molar-refractivity contribution >= 4 is 5.69 Å². The van der Waals surface area contributed by atoms with Gasteiger partial charge in [-0.25, -0.2) is 0 Å². The van der Waals surface area contributed by atoms with Crippen LogP contribution in [-0.4, -0.2) is 19.9 Å². The summed E-state index contributed by atoms with van der Waals surface area (Å²) >= 11 is 0. The molecule has 0 N–H and O–H groups in total. The quantitative estimate of drug-likeness (QED) is 0.568. The Bertz CT molecular complexity index is 548. The first kappa shape index (κ1) is 10.3. The van der Waals surface area contributed by atoms with Gasteiger partial charge in [0.2, 0.25) is 0 Å². The van der Waals surface area contributed by atoms with Crippen LogP contribution in [0.5, 0.6) is 0 Å². The van der Waals surface area contributed by atoms with Gasteiger partial charge in [-0.15, -0.1) is 5.10 Å². The molecule has 0 aliphatic carbocycles. The van der Waals surface area contributed by atoms with Gasteiger partial charge >= 0.3 is 0 Å². The summed E-state index contributed by atoms with van der Waals surface area (Å²) in [4.78, 5) is 10.2. The predicted molar refractivity (Wildman–Crippen MR) is 57.8 cm³/mol. The largest absolute Gasteiger partial charge is 0.270 e. The summed E-state index contributed by atoms with van der Waals surface area (Å²) < 4.78 is 1.63. The van der Waals surface area contributed by atoms with Crippen LogP contribution in [0.2, 0.25) is 0 Å². The number of nitro groups is 1. The second-order valence-corrected chi connectivity index (χ2v) is 3.45. The van der Waals surface area contributed by atoms with E-state index in [1.165, 1.54) is 12.1 Å². The molecule has 0 aliphatic rings. The van der Waals surface area contributed by atoms with Gasteiger partial charge in [-0.2, -0.15) is 0 Å². The SMILES string of the molecule is Cc1c(-c2cccc([N+](=O)[O-])c2)nnn1C. The molecule has 16 heavy (non-hydrogen) atoms. The first-order valence-electron chi connectivity index (χ1n) is 4.70. The Hall–Kier alpha value is -2.24. The van der Waals surface area contributed by atoms with Crippen molar-refractivity contribution in [1.29, 1.82) is 0 Å². The molecular formula is C10H10N4O2. The number of aromatic nitrogens is 3. The van der Waals surface area contributed by atoms with Crippen molar-refractivity contribution in [1.82, 2.24) is 15.0 Å². The first-order chi connectivity index (χ1) is 7.59. The zero-order valence-corrected chi connectivity index (χ0v) is 8.91. The fraction of sp³-hybridized carbons (Fsp3) is 0.200. The highest BCUT2D eigenvalue weighted by molar-refractivity contribution is 5.64. The highest BCUT2D eigenvalue weighted by Crippen LogP contribution is 2.23. The third kappa shape index (κ3) is 1.65. The zero-order chi connectivity index (χ0) is 11.7. The second-order valence-electron chi connectivity index (χ2n) is 3.45. The number of hydrogen-bond donors (Lipinski definition) is 0. The van der Waals surface area contributed by atoms with Crippen molar-refractivity contribution in [2.24, 2.45) is 7.05 Å². The lowest BCUT2D eigenvalue weighted by Crippen LogP contribution is -1.93. The van der Waals surface area contributed by atoms with E-state index >= 15 is 0 Å². The Balaban J connectivity index is 2.52. The van der Waals surface area contributed by atoms with Gasteiger partial charge in [0, 0.05) is 24.7 Å². The van der Waals surface area contributed by atoms with Crippen LogP contribution in [0, 0.1) is 17.0 Å². The van der Waals surface area contributed by atoms with E-state index in [0.29, 0.717) is 11.3 Å². The van der Waals surface area contributed by atoms with E-state index in [9.17, 15) is 10.1 Å². The molecule has 6 heteroatoms. The van der Waals surface area contributed by atoms with E-state index in [4.69, 9.17) is 0 Å². The molecule has 0 bridgehead atoms. The van der Waals surface area contributed by atoms with E-state index in [0.717, 1.165) is 5.69 Å². The van der Waals surface area contributed by atoms with Crippen molar-refractivity contribution in [3.05, 3.63) is 40.1 Å². The Labute approximate surface area is 91.7 Å². The smallest absolute Gasteiger partial charge is 0.258 e. The lowest BCUT2D eigenvalue weighted by Gasteiger charge is -1.98. The third-order valence-corrected chi connectivity index (χ3v) is 2.44. The number of aryl methyl sites for hydroxylation is 1. The fourth-order valence-electron chi connectivity index (χ4n) is 1.44. The minimum Gasteiger partial charge on any atom is -0.258 e. The molecular weight excluding hydrogens is 208 g/mol. The first-order valence-corrected chi connectivity index (χ1v) is 4.70. The van der Waals surface area contributed by atoms with Gasteiger partial charge in [0.25, 0.3) is 5.69 Å². The molecule has 0 amide bonds. The monoisotopic (exact) mass is 218 g/mol. The second kappa shape index (κ2) is 3.73. The van der Waals surface area contributed by atoms with Crippen LogP contribution in [0.15, 0.2) is 24.3 Å². The summed E-state index contributed by atoms with van der Waals surface area (Å²) in [6.07, 6.45) is 0. The van der Waals surface area contributed by atoms with E-state index in [2.05, 4.69) is 10.3 Å². The molecule has 0 fully saturated rings. The number of rotatable bonds is 2. The van der Waals surface area contributed by atoms with Crippen LogP contribution in [0.3, 0.4) is 0 Å². The number of hydrogen-bond acceptors (Lipinski definition) is 4. The predicted octanol–water partition coefficient (Wildman–Crippen LogP) is 1.70. The molecule has 1 aromatic carbocycles. The standard InChI is InChI=1S/C10H10N4O2/c1-7-10(11-12-13(7)2)8-4-3-5-9(6-8)14(15)16/h3-6H,1-2H3. The van der Waals surface area contributed by atoms with Gasteiger partial charge in [0.1, 0.15) is 5.69 Å². The molecule has 0 spiro atoms. The van der Waals surface area contributed by atoms with Crippen LogP contribution in [0.4, 0.5) is 5.69 Å². The van der Waals surface area contributed by atoms with Crippen molar-refractivity contribution in [2.75, 3.05) is 0 Å². The molecule has 0 unspecified atom stereocenters. The van der Waals surface area contributed by atoms with Crippen molar-refractivity contribution in [2.45, 2.75) is 6.92 Å². The molecule has 82 valence electrons. The average Bonchev–Trinajstić information content (AvgIpc) is 2.60. The number of nitrogens with zero attached hydrogens (tertiary/aromatic N) is 4. The normalized spacial score (nSPS) is 10.4. The molecule has 0 radical (unpaired) electrons. The van der Waals surface area contributed by atoms with Gasteiger partial charge in [-0.1, -0.05) is 17.3 Å². The van der Waals surface area contributed by atoms with Crippen LogP contribution in [-0.2, 0) is 7.05 Å². The average molecular weight is 218 g/mol. The topological polar surface area (TPSA) is 73.8 Å². The summed E-state index contributed by atoms with van der Waals surface area (Å²) in [7, 11) is 1.78. The summed E-state index contributed by atoms with van der Waals surface area (Å²) in [6.45, 7) is 1.87. The van der Waals surface area contributed by atoms with Crippen LogP contribution < -0.4 is 0 Å². The Morgan fingerprint density at radius 3 is 2.75 bits per heavy atom. The van der Waals surface area contributed by atoms with Gasteiger partial charge in [0.15, 0.2) is 0 Å². The van der Waals surface area contributed by atoms with E-state index in [1.54, 1.807) is 23.9 Å². The minimum atomic E-state index is -0.421. The molecule has 2 aromatic rings. The number of nitro benzene ring substituents is 1. The van der Waals surface area contributed by atoms with Crippen LogP contribution >= 0.6 is 0 Å². The highest BCUT2D eigenvalue weighted by Gasteiger charge is 2.12. The lowest BCUT2D eigenvalue weighted by molar-refractivity contribution is -0.384. The number of benzene rings is 1. The molecule has 0 saturated heterocycles. The van der Waals surface area contributed by atoms with Gasteiger partial charge in [0.05, 0.1) is 10.6 Å². The van der Waals surface area contributed by atoms with Gasteiger partial charge in [-0.05, 0) is 6.92 Å². The lowest BCUT2D eigenvalue weighted by atomic mass is 10.1. The van der Waals surface area contributed by atoms with Gasteiger partial charge in [-0.3, -0.25) is 14.8 Å². The maximum Gasteiger partial charge on any atom is 0.270 e. The fourth-order valence-corrected chi connectivity index (χ4v) is 1.44. The van der Waals surface area contributed by atoms with E-state index in [-0.39, 0.29) is 5.69 Å². The Kier molecular flexibility index (Phi) is 2.40. The van der Waals surface area contributed by atoms with Crippen molar-refractivity contribution in [3.63, 3.8) is 0 Å². The zero-order valence-electron chi connectivity index (χ0n) is 8.91. The van der Waals surface area contributed by atoms with E-state index in [1.807, 2.05) is 6.92 Å². The highest BCUT2D eigenvalue weighted by atomic mass is 16.6. The third-order valence-electron chi connectivity index (χ3n) is 2.44. The molecule has 6 nitrogen and oxygen atoms in total. The molecule has 0 atom stereocenters. The van der Waals surface area contributed by atoms with E-state index < -0.39 is 4.92 Å². The Morgan fingerprint density at radius 2 is 2.19 bits per heavy atom. The maximum absolute atomic E-state index is 10.6. The Morgan fingerprint density at radius 1 is 1.44 bits per heavy atom.